The first-order valence-electron chi connectivity index (χ1n) is 9.48. The van der Waals surface area contributed by atoms with Gasteiger partial charge in [-0.3, -0.25) is 0 Å². The van der Waals surface area contributed by atoms with Crippen LogP contribution in [0.5, 0.6) is 0 Å². The second-order valence-electron chi connectivity index (χ2n) is 6.30. The molecule has 144 valence electrons. The van der Waals surface area contributed by atoms with E-state index in [1.807, 2.05) is 0 Å². The van der Waals surface area contributed by atoms with Gasteiger partial charge >= 0.3 is 6.18 Å². The highest BCUT2D eigenvalue weighted by molar-refractivity contribution is 7.16. The van der Waals surface area contributed by atoms with E-state index in [2.05, 4.69) is 10.1 Å². The van der Waals surface area contributed by atoms with E-state index in [0.717, 1.165) is 4.98 Å². The molecule has 0 aliphatic rings. The highest BCUT2D eigenvalue weighted by Gasteiger charge is 2.37. The number of alkyl halides is 3. The fourth-order valence-corrected chi connectivity index (χ4v) is 4.03. The number of H-pyrrole nitrogens is 1. The molecule has 3 aromatic heterocycles. The Hall–Kier alpha value is -3.39. The third-order valence-corrected chi connectivity index (χ3v) is 5.57. The first-order valence-corrected chi connectivity index (χ1v) is 9.35. The molecule has 5 rings (SSSR count). The van der Waals surface area contributed by atoms with Crippen LogP contribution in [0.3, 0.4) is 0 Å². The van der Waals surface area contributed by atoms with E-state index in [1.165, 1.54) is 12.1 Å². The van der Waals surface area contributed by atoms with Crippen LogP contribution >= 0.6 is 11.3 Å². The van der Waals surface area contributed by atoms with E-state index >= 15 is 0 Å². The lowest BCUT2D eigenvalue weighted by atomic mass is 10.1. The van der Waals surface area contributed by atoms with Gasteiger partial charge in [0.1, 0.15) is 4.88 Å². The SMILES string of the molecule is [2H]c1cc2cc(-c3noc(-c4cc(-c5ccccc5)c(C(F)(F)F)s4)n3)ccc2n1[2H]. The average Bonchev–Trinajstić information content (AvgIpc) is 3.46. The maximum Gasteiger partial charge on any atom is 0.426 e. The summed E-state index contributed by atoms with van der Waals surface area (Å²) in [5.41, 5.74) is 1.64. The topological polar surface area (TPSA) is 54.7 Å². The zero-order chi connectivity index (χ0) is 21.8. The van der Waals surface area contributed by atoms with Gasteiger partial charge in [-0.1, -0.05) is 35.5 Å². The maximum absolute atomic E-state index is 13.6. The van der Waals surface area contributed by atoms with Gasteiger partial charge in [-0.15, -0.1) is 11.3 Å². The van der Waals surface area contributed by atoms with Crippen LogP contribution in [0, 0.1) is 0 Å². The normalized spacial score (nSPS) is 12.9. The van der Waals surface area contributed by atoms with Crippen molar-refractivity contribution in [2.45, 2.75) is 6.18 Å². The van der Waals surface area contributed by atoms with Gasteiger partial charge in [0.15, 0.2) is 1.41 Å². The molecule has 3 heterocycles. The third kappa shape index (κ3) is 3.21. The second kappa shape index (κ2) is 6.59. The Morgan fingerprint density at radius 1 is 1.03 bits per heavy atom. The van der Waals surface area contributed by atoms with Crippen LogP contribution in [0.2, 0.25) is 1.41 Å². The summed E-state index contributed by atoms with van der Waals surface area (Å²) in [6.07, 6.45) is -4.48. The fourth-order valence-electron chi connectivity index (χ4n) is 3.06. The molecule has 0 unspecified atom stereocenters. The van der Waals surface area contributed by atoms with Crippen molar-refractivity contribution in [1.29, 1.82) is 0 Å². The van der Waals surface area contributed by atoms with Gasteiger partial charge in [0.2, 0.25) is 5.82 Å². The second-order valence-corrected chi connectivity index (χ2v) is 7.35. The molecule has 0 fully saturated rings. The Kier molecular flexibility index (Phi) is 3.53. The summed E-state index contributed by atoms with van der Waals surface area (Å²) in [6.45, 7) is 0. The number of nitrogens with one attached hydrogen (secondary N) is 1. The van der Waals surface area contributed by atoms with Crippen LogP contribution in [0.25, 0.3) is 44.2 Å². The van der Waals surface area contributed by atoms with Crippen LogP contribution in [-0.4, -0.2) is 15.1 Å². The smallest absolute Gasteiger partial charge is 0.361 e. The number of hydrogen-bond donors (Lipinski definition) is 1. The molecule has 0 spiro atoms. The van der Waals surface area contributed by atoms with Crippen LogP contribution in [0.15, 0.2) is 71.4 Å². The Labute approximate surface area is 169 Å². The van der Waals surface area contributed by atoms with E-state index in [-0.39, 0.29) is 28.3 Å². The Morgan fingerprint density at radius 2 is 1.86 bits per heavy atom. The average molecular weight is 413 g/mol. The Balaban J connectivity index is 1.56. The lowest BCUT2D eigenvalue weighted by Crippen LogP contribution is -2.03. The highest BCUT2D eigenvalue weighted by atomic mass is 32.1. The molecule has 0 atom stereocenters. The van der Waals surface area contributed by atoms with E-state index in [0.29, 0.717) is 33.4 Å². The maximum atomic E-state index is 13.6. The molecule has 29 heavy (non-hydrogen) atoms. The molecule has 0 saturated heterocycles. The predicted molar refractivity (Wildman–Crippen MR) is 105 cm³/mol. The molecule has 0 saturated carbocycles. The first kappa shape index (κ1) is 15.5. The molecule has 0 bridgehead atoms. The van der Waals surface area contributed by atoms with Gasteiger partial charge in [-0.2, -0.15) is 18.2 Å². The van der Waals surface area contributed by atoms with Crippen LogP contribution < -0.4 is 0 Å². The number of halogens is 3. The van der Waals surface area contributed by atoms with Gasteiger partial charge in [0.05, 0.1) is 6.25 Å². The number of nitrogens with zero attached hydrogens (tertiary/aromatic N) is 2. The van der Waals surface area contributed by atoms with E-state index in [9.17, 15) is 13.2 Å². The molecule has 8 heteroatoms. The van der Waals surface area contributed by atoms with Crippen molar-refractivity contribution in [3.05, 3.63) is 71.7 Å². The monoisotopic (exact) mass is 413 g/mol. The van der Waals surface area contributed by atoms with Gasteiger partial charge < -0.3 is 9.50 Å². The van der Waals surface area contributed by atoms with Gasteiger partial charge in [0, 0.05) is 28.2 Å². The number of aromatic amines is 1. The number of benzene rings is 2. The van der Waals surface area contributed by atoms with Crippen molar-refractivity contribution in [3.63, 3.8) is 0 Å². The van der Waals surface area contributed by atoms with Crippen molar-refractivity contribution in [1.82, 2.24) is 15.1 Å². The summed E-state index contributed by atoms with van der Waals surface area (Å²) in [5, 5.41) is 4.57. The van der Waals surface area contributed by atoms with Gasteiger partial charge in [-0.25, -0.2) is 0 Å². The fraction of sp³-hybridized carbons (Fsp3) is 0.0476. The van der Waals surface area contributed by atoms with E-state index < -0.39 is 11.1 Å². The molecule has 1 N–H and O–H groups in total. The summed E-state index contributed by atoms with van der Waals surface area (Å²) < 4.78 is 61.7. The number of fused-ring (bicyclic) bond motifs is 1. The molecular formula is C21H12F3N3OS. The van der Waals surface area contributed by atoms with Gasteiger partial charge in [0.25, 0.3) is 5.89 Å². The van der Waals surface area contributed by atoms with Crippen LogP contribution in [-0.2, 0) is 6.18 Å². The lowest BCUT2D eigenvalue weighted by molar-refractivity contribution is -0.133. The van der Waals surface area contributed by atoms with Crippen molar-refractivity contribution in [3.8, 4) is 33.3 Å². The van der Waals surface area contributed by atoms with Crippen molar-refractivity contribution in [2.24, 2.45) is 0 Å². The summed E-state index contributed by atoms with van der Waals surface area (Å²) in [5.74, 6) is 0.205. The number of rotatable bonds is 3. The zero-order valence-electron chi connectivity index (χ0n) is 16.6. The molecular weight excluding hydrogens is 399 g/mol. The Bertz CT molecular complexity index is 1410. The molecule has 0 radical (unpaired) electrons. The number of hydrogen-bond acceptors (Lipinski definition) is 4. The molecule has 0 aliphatic carbocycles. The number of aromatic nitrogens is 3. The molecule has 2 aromatic carbocycles. The van der Waals surface area contributed by atoms with Crippen LogP contribution in [0.1, 0.15) is 6.25 Å². The van der Waals surface area contributed by atoms with Crippen molar-refractivity contribution < 1.29 is 20.5 Å². The van der Waals surface area contributed by atoms with Gasteiger partial charge in [-0.05, 0) is 35.9 Å². The van der Waals surface area contributed by atoms with E-state index in [4.69, 9.17) is 7.31 Å². The largest absolute Gasteiger partial charge is 0.426 e. The third-order valence-electron chi connectivity index (χ3n) is 4.40. The molecule has 0 aliphatic heterocycles. The molecule has 4 nitrogen and oxygen atoms in total. The lowest BCUT2D eigenvalue weighted by Gasteiger charge is -2.07. The van der Waals surface area contributed by atoms with Crippen molar-refractivity contribution in [2.75, 3.05) is 0 Å². The first-order chi connectivity index (χ1) is 14.8. The minimum absolute atomic E-state index is 0.00739. The molecule has 0 amide bonds. The van der Waals surface area contributed by atoms with Crippen molar-refractivity contribution >= 4 is 22.2 Å². The minimum atomic E-state index is -4.51. The minimum Gasteiger partial charge on any atom is -0.361 e. The van der Waals surface area contributed by atoms with E-state index in [1.54, 1.807) is 48.5 Å². The van der Waals surface area contributed by atoms with Crippen LogP contribution in [0.4, 0.5) is 13.2 Å². The molecule has 5 aromatic rings. The summed E-state index contributed by atoms with van der Waals surface area (Å²) in [4.78, 5) is 4.77. The highest BCUT2D eigenvalue weighted by Crippen LogP contribution is 2.45. The summed E-state index contributed by atoms with van der Waals surface area (Å²) >= 11 is 0.557. The predicted octanol–water partition coefficient (Wildman–Crippen LogP) is 6.63. The zero-order valence-corrected chi connectivity index (χ0v) is 15.4. The summed E-state index contributed by atoms with van der Waals surface area (Å²) in [6, 6.07) is 16.3. The summed E-state index contributed by atoms with van der Waals surface area (Å²) in [7, 11) is 0. The Morgan fingerprint density at radius 3 is 2.66 bits per heavy atom. The quantitative estimate of drug-likeness (QED) is 0.361. The standard InChI is InChI=1S/C21H12F3N3OS/c22-21(23,24)18-15(12-4-2-1-3-5-12)11-17(29-18)20-26-19(27-28-20)14-6-7-16-13(10-14)8-9-25-16/h1-11,25H/i9D/hD. The number of thiophene rings is 1.